The Morgan fingerprint density at radius 2 is 2.12 bits per heavy atom. The third-order valence-corrected chi connectivity index (χ3v) is 4.15. The molecule has 1 aliphatic heterocycles. The number of hydrogen-bond acceptors (Lipinski definition) is 5. The Bertz CT molecular complexity index is 710. The van der Waals surface area contributed by atoms with E-state index in [2.05, 4.69) is 25.2 Å². The van der Waals surface area contributed by atoms with Crippen molar-refractivity contribution in [2.75, 3.05) is 18.4 Å². The molecular weight excluding hydrogens is 343 g/mol. The van der Waals surface area contributed by atoms with Crippen LogP contribution in [0.25, 0.3) is 0 Å². The van der Waals surface area contributed by atoms with Crippen LogP contribution in [0.3, 0.4) is 0 Å². The van der Waals surface area contributed by atoms with Crippen molar-refractivity contribution >= 4 is 17.4 Å². The lowest BCUT2D eigenvalue weighted by molar-refractivity contribution is -0.141. The van der Waals surface area contributed by atoms with Gasteiger partial charge in [0, 0.05) is 43.5 Å². The Hall–Kier alpha value is -1.93. The molecule has 1 fully saturated rings. The van der Waals surface area contributed by atoms with E-state index in [1.54, 1.807) is 6.20 Å². The SMILES string of the molecule is FC(F)(F)c1cc(NC2CCN(Cc3cccnc3Cl)C2)ncn1. The van der Waals surface area contributed by atoms with Crippen molar-refractivity contribution in [2.24, 2.45) is 0 Å². The first-order valence-electron chi connectivity index (χ1n) is 7.39. The molecule has 128 valence electrons. The minimum atomic E-state index is -4.47. The van der Waals surface area contributed by atoms with Gasteiger partial charge in [-0.15, -0.1) is 0 Å². The van der Waals surface area contributed by atoms with Gasteiger partial charge in [-0.3, -0.25) is 4.90 Å². The van der Waals surface area contributed by atoms with Crippen LogP contribution < -0.4 is 5.32 Å². The monoisotopic (exact) mass is 357 g/mol. The van der Waals surface area contributed by atoms with Gasteiger partial charge >= 0.3 is 6.18 Å². The fourth-order valence-corrected chi connectivity index (χ4v) is 2.85. The number of anilines is 1. The number of pyridine rings is 1. The Morgan fingerprint density at radius 1 is 1.29 bits per heavy atom. The summed E-state index contributed by atoms with van der Waals surface area (Å²) >= 11 is 6.05. The fourth-order valence-electron chi connectivity index (χ4n) is 2.67. The normalized spacial score (nSPS) is 18.8. The highest BCUT2D eigenvalue weighted by molar-refractivity contribution is 6.30. The first-order chi connectivity index (χ1) is 11.4. The average molecular weight is 358 g/mol. The third-order valence-electron chi connectivity index (χ3n) is 3.81. The van der Waals surface area contributed by atoms with E-state index in [4.69, 9.17) is 11.6 Å². The standard InChI is InChI=1S/C15H15ClF3N5/c16-14-10(2-1-4-20-14)7-24-5-3-11(8-24)23-13-6-12(15(17,18)19)21-9-22-13/h1-2,4,6,9,11H,3,5,7-8H2,(H,21,22,23). The molecular formula is C15H15ClF3N5. The largest absolute Gasteiger partial charge is 0.433 e. The number of likely N-dealkylation sites (tertiary alicyclic amines) is 1. The average Bonchev–Trinajstić information content (AvgIpc) is 2.96. The molecule has 24 heavy (non-hydrogen) atoms. The van der Waals surface area contributed by atoms with Crippen molar-refractivity contribution in [3.8, 4) is 0 Å². The third kappa shape index (κ3) is 4.12. The number of nitrogens with one attached hydrogen (secondary N) is 1. The van der Waals surface area contributed by atoms with E-state index in [0.29, 0.717) is 18.2 Å². The van der Waals surface area contributed by atoms with Gasteiger partial charge in [-0.1, -0.05) is 17.7 Å². The van der Waals surface area contributed by atoms with Gasteiger partial charge in [0.2, 0.25) is 0 Å². The van der Waals surface area contributed by atoms with Crippen LogP contribution in [0.4, 0.5) is 19.0 Å². The van der Waals surface area contributed by atoms with Crippen LogP contribution in [0.15, 0.2) is 30.7 Å². The number of nitrogens with zero attached hydrogens (tertiary/aromatic N) is 4. The smallest absolute Gasteiger partial charge is 0.366 e. The number of hydrogen-bond donors (Lipinski definition) is 1. The number of halogens is 4. The zero-order chi connectivity index (χ0) is 17.2. The molecule has 2 aromatic heterocycles. The van der Waals surface area contributed by atoms with Gasteiger partial charge in [0.05, 0.1) is 0 Å². The van der Waals surface area contributed by atoms with Crippen LogP contribution in [0.2, 0.25) is 5.15 Å². The Balaban J connectivity index is 1.60. The van der Waals surface area contributed by atoms with Crippen molar-refractivity contribution < 1.29 is 13.2 Å². The van der Waals surface area contributed by atoms with Crippen LogP contribution in [-0.2, 0) is 12.7 Å². The first-order valence-corrected chi connectivity index (χ1v) is 7.77. The summed E-state index contributed by atoms with van der Waals surface area (Å²) in [7, 11) is 0. The number of rotatable bonds is 4. The second-order valence-electron chi connectivity index (χ2n) is 5.60. The molecule has 1 atom stereocenters. The van der Waals surface area contributed by atoms with Crippen LogP contribution in [-0.4, -0.2) is 39.0 Å². The van der Waals surface area contributed by atoms with Crippen LogP contribution >= 0.6 is 11.6 Å². The lowest BCUT2D eigenvalue weighted by Gasteiger charge is -2.17. The highest BCUT2D eigenvalue weighted by Crippen LogP contribution is 2.28. The van der Waals surface area contributed by atoms with E-state index in [0.717, 1.165) is 30.9 Å². The van der Waals surface area contributed by atoms with E-state index in [-0.39, 0.29) is 11.9 Å². The summed E-state index contributed by atoms with van der Waals surface area (Å²) < 4.78 is 38.0. The van der Waals surface area contributed by atoms with Gasteiger partial charge in [-0.2, -0.15) is 13.2 Å². The molecule has 3 rings (SSSR count). The van der Waals surface area contributed by atoms with Crippen molar-refractivity contribution in [1.82, 2.24) is 19.9 Å². The Labute approximate surface area is 141 Å². The molecule has 1 N–H and O–H groups in total. The summed E-state index contributed by atoms with van der Waals surface area (Å²) in [5.41, 5.74) is -0.0156. The molecule has 2 aromatic rings. The van der Waals surface area contributed by atoms with Gasteiger partial charge in [-0.05, 0) is 12.5 Å². The van der Waals surface area contributed by atoms with Gasteiger partial charge in [0.15, 0.2) is 0 Å². The summed E-state index contributed by atoms with van der Waals surface area (Å²) in [4.78, 5) is 13.3. The minimum Gasteiger partial charge on any atom is -0.366 e. The topological polar surface area (TPSA) is 53.9 Å². The fraction of sp³-hybridized carbons (Fsp3) is 0.400. The molecule has 3 heterocycles. The van der Waals surface area contributed by atoms with Crippen molar-refractivity contribution in [1.29, 1.82) is 0 Å². The summed E-state index contributed by atoms with van der Waals surface area (Å²) in [5.74, 6) is 0.184. The summed E-state index contributed by atoms with van der Waals surface area (Å²) in [5, 5.41) is 3.51. The summed E-state index contributed by atoms with van der Waals surface area (Å²) in [6, 6.07) is 4.69. The number of aromatic nitrogens is 3. The van der Waals surface area contributed by atoms with E-state index >= 15 is 0 Å². The maximum atomic E-state index is 12.7. The predicted octanol–water partition coefficient (Wildman–Crippen LogP) is 3.23. The van der Waals surface area contributed by atoms with E-state index in [1.165, 1.54) is 0 Å². The zero-order valence-corrected chi connectivity index (χ0v) is 13.3. The molecule has 0 aromatic carbocycles. The van der Waals surface area contributed by atoms with Crippen molar-refractivity contribution in [3.63, 3.8) is 0 Å². The van der Waals surface area contributed by atoms with Gasteiger partial charge in [0.1, 0.15) is 23.0 Å². The van der Waals surface area contributed by atoms with Gasteiger partial charge in [0.25, 0.3) is 0 Å². The lowest BCUT2D eigenvalue weighted by Crippen LogP contribution is -2.26. The van der Waals surface area contributed by atoms with E-state index in [1.807, 2.05) is 12.1 Å². The molecule has 0 saturated carbocycles. The highest BCUT2D eigenvalue weighted by Gasteiger charge is 2.33. The molecule has 0 spiro atoms. The number of alkyl halides is 3. The van der Waals surface area contributed by atoms with Gasteiger partial charge < -0.3 is 5.32 Å². The Kier molecular flexibility index (Phi) is 4.86. The molecule has 9 heteroatoms. The van der Waals surface area contributed by atoms with Crippen molar-refractivity contribution in [2.45, 2.75) is 25.2 Å². The molecule has 1 saturated heterocycles. The van der Waals surface area contributed by atoms with E-state index in [9.17, 15) is 13.2 Å². The van der Waals surface area contributed by atoms with Crippen molar-refractivity contribution in [3.05, 3.63) is 47.1 Å². The molecule has 0 aliphatic carbocycles. The maximum absolute atomic E-state index is 12.7. The molecule has 0 amide bonds. The first kappa shape index (κ1) is 16.9. The zero-order valence-electron chi connectivity index (χ0n) is 12.6. The van der Waals surface area contributed by atoms with E-state index < -0.39 is 11.9 Å². The predicted molar refractivity (Wildman–Crippen MR) is 83.6 cm³/mol. The molecule has 5 nitrogen and oxygen atoms in total. The Morgan fingerprint density at radius 3 is 2.88 bits per heavy atom. The minimum absolute atomic E-state index is 0.0245. The quantitative estimate of drug-likeness (QED) is 0.851. The maximum Gasteiger partial charge on any atom is 0.433 e. The van der Waals surface area contributed by atoms with Gasteiger partial charge in [-0.25, -0.2) is 15.0 Å². The second-order valence-corrected chi connectivity index (χ2v) is 5.96. The molecule has 1 unspecified atom stereocenters. The van der Waals surface area contributed by atoms with Crippen LogP contribution in [0.5, 0.6) is 0 Å². The molecule has 0 bridgehead atoms. The molecule has 0 radical (unpaired) electrons. The lowest BCUT2D eigenvalue weighted by atomic mass is 10.2. The summed E-state index contributed by atoms with van der Waals surface area (Å²) in [6.07, 6.45) is -1.11. The second kappa shape index (κ2) is 6.90. The summed E-state index contributed by atoms with van der Waals surface area (Å²) in [6.45, 7) is 2.17. The molecule has 1 aliphatic rings. The van der Waals surface area contributed by atoms with Crippen LogP contribution in [0, 0.1) is 0 Å². The highest BCUT2D eigenvalue weighted by atomic mass is 35.5. The van der Waals surface area contributed by atoms with Crippen LogP contribution in [0.1, 0.15) is 17.7 Å².